The van der Waals surface area contributed by atoms with Crippen LogP contribution in [0.1, 0.15) is 25.8 Å². The fourth-order valence-corrected chi connectivity index (χ4v) is 1.64. The Balaban J connectivity index is 2.45. The summed E-state index contributed by atoms with van der Waals surface area (Å²) in [5, 5.41) is 18.6. The summed E-state index contributed by atoms with van der Waals surface area (Å²) < 4.78 is 10.3. The van der Waals surface area contributed by atoms with Crippen molar-refractivity contribution in [3.05, 3.63) is 23.8 Å². The Kier molecular flexibility index (Phi) is 5.99. The maximum Gasteiger partial charge on any atom is 0.323 e. The summed E-state index contributed by atoms with van der Waals surface area (Å²) in [5.41, 5.74) is 6.06. The molecular weight excluding hydrogens is 274 g/mol. The van der Waals surface area contributed by atoms with Crippen LogP contribution in [0, 0.1) is 0 Å². The second-order valence-electron chi connectivity index (χ2n) is 5.51. The van der Waals surface area contributed by atoms with Gasteiger partial charge in [-0.15, -0.1) is 0 Å². The lowest BCUT2D eigenvalue weighted by Crippen LogP contribution is -2.35. The van der Waals surface area contributed by atoms with Gasteiger partial charge in [0.15, 0.2) is 11.5 Å². The number of carbonyl (C=O) groups is 1. The molecule has 6 nitrogen and oxygen atoms in total. The molecule has 0 radical (unpaired) electrons. The molecule has 0 aliphatic carbocycles. The van der Waals surface area contributed by atoms with E-state index in [-0.39, 0.29) is 30.1 Å². The normalized spacial score (nSPS) is 13.0. The van der Waals surface area contributed by atoms with E-state index in [0.29, 0.717) is 12.0 Å². The van der Waals surface area contributed by atoms with Crippen molar-refractivity contribution < 1.29 is 24.5 Å². The van der Waals surface area contributed by atoms with E-state index in [0.717, 1.165) is 0 Å². The van der Waals surface area contributed by atoms with Gasteiger partial charge in [0.05, 0.1) is 12.2 Å². The molecule has 0 aromatic heterocycles. The fraction of sp³-hybridized carbons (Fsp3) is 0.533. The average molecular weight is 297 g/mol. The summed E-state index contributed by atoms with van der Waals surface area (Å²) in [6.45, 7) is 4.04. The summed E-state index contributed by atoms with van der Waals surface area (Å²) in [5.74, 6) is -0.957. The molecule has 4 N–H and O–H groups in total. The fourth-order valence-electron chi connectivity index (χ4n) is 1.64. The molecule has 118 valence electrons. The highest BCUT2D eigenvalue weighted by atomic mass is 16.5. The maximum absolute atomic E-state index is 11.8. The smallest absolute Gasteiger partial charge is 0.323 e. The molecule has 0 aliphatic rings. The summed E-state index contributed by atoms with van der Waals surface area (Å²) in [6, 6.07) is 3.50. The van der Waals surface area contributed by atoms with Gasteiger partial charge in [0, 0.05) is 13.5 Å². The number of carbonyl (C=O) groups excluding carboxylic acids is 1. The first-order chi connectivity index (χ1) is 9.75. The SMILES string of the molecule is COC(C)(C)CCOC(=O)[C@@H](N)Cc1ccc(O)c(O)c1. The van der Waals surface area contributed by atoms with Crippen LogP contribution in [0.5, 0.6) is 11.5 Å². The highest BCUT2D eigenvalue weighted by molar-refractivity contribution is 5.75. The molecule has 1 aromatic rings. The van der Waals surface area contributed by atoms with Crippen molar-refractivity contribution in [2.75, 3.05) is 13.7 Å². The van der Waals surface area contributed by atoms with Crippen LogP contribution in [0.25, 0.3) is 0 Å². The predicted octanol–water partition coefficient (Wildman–Crippen LogP) is 1.33. The number of ether oxygens (including phenoxy) is 2. The molecule has 1 aromatic carbocycles. The first-order valence-corrected chi connectivity index (χ1v) is 6.73. The third-order valence-corrected chi connectivity index (χ3v) is 3.30. The summed E-state index contributed by atoms with van der Waals surface area (Å²) >= 11 is 0. The van der Waals surface area contributed by atoms with E-state index in [9.17, 15) is 15.0 Å². The van der Waals surface area contributed by atoms with Gasteiger partial charge in [0.2, 0.25) is 0 Å². The predicted molar refractivity (Wildman–Crippen MR) is 78.1 cm³/mol. The zero-order chi connectivity index (χ0) is 16.0. The molecule has 0 amide bonds. The van der Waals surface area contributed by atoms with Crippen LogP contribution in [-0.2, 0) is 20.7 Å². The van der Waals surface area contributed by atoms with E-state index >= 15 is 0 Å². The highest BCUT2D eigenvalue weighted by Crippen LogP contribution is 2.25. The van der Waals surface area contributed by atoms with E-state index in [1.165, 1.54) is 12.1 Å². The van der Waals surface area contributed by atoms with Crippen molar-refractivity contribution >= 4 is 5.97 Å². The number of methoxy groups -OCH3 is 1. The zero-order valence-electron chi connectivity index (χ0n) is 12.6. The third kappa shape index (κ3) is 5.61. The van der Waals surface area contributed by atoms with E-state index < -0.39 is 12.0 Å². The quantitative estimate of drug-likeness (QED) is 0.518. The van der Waals surface area contributed by atoms with E-state index in [1.807, 2.05) is 13.8 Å². The Morgan fingerprint density at radius 3 is 2.57 bits per heavy atom. The molecule has 6 heteroatoms. The minimum atomic E-state index is -0.820. The van der Waals surface area contributed by atoms with Gasteiger partial charge in [-0.2, -0.15) is 0 Å². The van der Waals surface area contributed by atoms with Gasteiger partial charge in [-0.05, 0) is 38.0 Å². The monoisotopic (exact) mass is 297 g/mol. The number of phenols is 2. The van der Waals surface area contributed by atoms with E-state index in [2.05, 4.69) is 0 Å². The standard InChI is InChI=1S/C15H23NO5/c1-15(2,20-3)6-7-21-14(19)11(16)8-10-4-5-12(17)13(18)9-10/h4-5,9,11,17-18H,6-8,16H2,1-3H3/t11-/m0/s1. The maximum atomic E-state index is 11.8. The lowest BCUT2D eigenvalue weighted by molar-refractivity contribution is -0.146. The molecule has 0 bridgehead atoms. The molecule has 0 spiro atoms. The minimum absolute atomic E-state index is 0.211. The van der Waals surface area contributed by atoms with Crippen LogP contribution in [0.2, 0.25) is 0 Å². The van der Waals surface area contributed by atoms with Gasteiger partial charge in [0.25, 0.3) is 0 Å². The summed E-state index contributed by atoms with van der Waals surface area (Å²) in [4.78, 5) is 11.8. The molecule has 21 heavy (non-hydrogen) atoms. The van der Waals surface area contributed by atoms with Crippen LogP contribution in [0.3, 0.4) is 0 Å². The number of hydrogen-bond donors (Lipinski definition) is 3. The lowest BCUT2D eigenvalue weighted by Gasteiger charge is -2.22. The van der Waals surface area contributed by atoms with E-state index in [1.54, 1.807) is 13.2 Å². The Bertz CT molecular complexity index is 487. The van der Waals surface area contributed by atoms with Gasteiger partial charge in [0.1, 0.15) is 6.04 Å². The Labute approximate surface area is 124 Å². The van der Waals surface area contributed by atoms with Crippen LogP contribution in [-0.4, -0.2) is 41.5 Å². The largest absolute Gasteiger partial charge is 0.504 e. The molecule has 0 fully saturated rings. The lowest BCUT2D eigenvalue weighted by atomic mass is 10.1. The van der Waals surface area contributed by atoms with Crippen molar-refractivity contribution in [3.8, 4) is 11.5 Å². The molecule has 0 heterocycles. The van der Waals surface area contributed by atoms with Crippen LogP contribution in [0.4, 0.5) is 0 Å². The summed E-state index contributed by atoms with van der Waals surface area (Å²) in [6.07, 6.45) is 0.794. The van der Waals surface area contributed by atoms with Crippen LogP contribution in [0.15, 0.2) is 18.2 Å². The number of nitrogens with two attached hydrogens (primary N) is 1. The van der Waals surface area contributed by atoms with Gasteiger partial charge in [-0.3, -0.25) is 4.79 Å². The van der Waals surface area contributed by atoms with Gasteiger partial charge >= 0.3 is 5.97 Å². The molecule has 1 atom stereocenters. The van der Waals surface area contributed by atoms with Crippen molar-refractivity contribution in [2.24, 2.45) is 5.73 Å². The van der Waals surface area contributed by atoms with Crippen LogP contribution >= 0.6 is 0 Å². The molecule has 1 rings (SSSR count). The van der Waals surface area contributed by atoms with Crippen LogP contribution < -0.4 is 5.73 Å². The molecule has 0 saturated heterocycles. The highest BCUT2D eigenvalue weighted by Gasteiger charge is 2.20. The molecular formula is C15H23NO5. The number of phenolic OH excluding ortho intramolecular Hbond substituents is 2. The topological polar surface area (TPSA) is 102 Å². The number of rotatable bonds is 7. The van der Waals surface area contributed by atoms with Gasteiger partial charge in [-0.1, -0.05) is 6.07 Å². The number of esters is 1. The minimum Gasteiger partial charge on any atom is -0.504 e. The third-order valence-electron chi connectivity index (χ3n) is 3.30. The Morgan fingerprint density at radius 2 is 2.00 bits per heavy atom. The van der Waals surface area contributed by atoms with Crippen molar-refractivity contribution in [1.82, 2.24) is 0 Å². The first kappa shape index (κ1) is 17.3. The molecule has 0 unspecified atom stereocenters. The zero-order valence-corrected chi connectivity index (χ0v) is 12.6. The second-order valence-corrected chi connectivity index (χ2v) is 5.51. The van der Waals surface area contributed by atoms with Gasteiger partial charge < -0.3 is 25.4 Å². The second kappa shape index (κ2) is 7.28. The Hall–Kier alpha value is -1.79. The van der Waals surface area contributed by atoms with Gasteiger partial charge in [-0.25, -0.2) is 0 Å². The number of aromatic hydroxyl groups is 2. The first-order valence-electron chi connectivity index (χ1n) is 6.73. The average Bonchev–Trinajstić information content (AvgIpc) is 2.42. The van der Waals surface area contributed by atoms with E-state index in [4.69, 9.17) is 15.2 Å². The molecule has 0 aliphatic heterocycles. The van der Waals surface area contributed by atoms with Crippen molar-refractivity contribution in [2.45, 2.75) is 38.3 Å². The number of benzene rings is 1. The van der Waals surface area contributed by atoms with Crippen molar-refractivity contribution in [1.29, 1.82) is 0 Å². The number of hydrogen-bond acceptors (Lipinski definition) is 6. The Morgan fingerprint density at radius 1 is 1.33 bits per heavy atom. The molecule has 0 saturated carbocycles. The summed E-state index contributed by atoms with van der Waals surface area (Å²) in [7, 11) is 1.60. The van der Waals surface area contributed by atoms with Crippen molar-refractivity contribution in [3.63, 3.8) is 0 Å².